The van der Waals surface area contributed by atoms with Crippen LogP contribution in [0.1, 0.15) is 22.6 Å². The molecule has 2 heterocycles. The van der Waals surface area contributed by atoms with Crippen LogP contribution >= 0.6 is 0 Å². The summed E-state index contributed by atoms with van der Waals surface area (Å²) in [6, 6.07) is 5.70. The number of nitrogens with two attached hydrogens (primary N) is 1. The van der Waals surface area contributed by atoms with Gasteiger partial charge in [0.05, 0.1) is 12.2 Å². The zero-order valence-corrected chi connectivity index (χ0v) is 10.3. The maximum absolute atomic E-state index is 8.74. The lowest BCUT2D eigenvalue weighted by atomic mass is 10.2. The molecule has 0 radical (unpaired) electrons. The van der Waals surface area contributed by atoms with Gasteiger partial charge in [0.25, 0.3) is 0 Å². The highest BCUT2D eigenvalue weighted by Crippen LogP contribution is 2.10. The van der Waals surface area contributed by atoms with Crippen molar-refractivity contribution in [1.82, 2.24) is 14.8 Å². The number of hydrogen-bond acceptors (Lipinski definition) is 4. The van der Waals surface area contributed by atoms with Gasteiger partial charge in [0.1, 0.15) is 5.69 Å². The van der Waals surface area contributed by atoms with E-state index in [1.165, 1.54) is 0 Å². The van der Waals surface area contributed by atoms with Crippen LogP contribution in [-0.2, 0) is 6.54 Å². The van der Waals surface area contributed by atoms with Crippen molar-refractivity contribution in [3.63, 3.8) is 0 Å². The zero-order chi connectivity index (χ0) is 13.1. The summed E-state index contributed by atoms with van der Waals surface area (Å²) < 4.78 is 1.86. The number of amidine groups is 1. The number of aryl methyl sites for hydroxylation is 2. The van der Waals surface area contributed by atoms with Crippen molar-refractivity contribution in [3.05, 3.63) is 47.0 Å². The van der Waals surface area contributed by atoms with Crippen molar-refractivity contribution in [2.75, 3.05) is 0 Å². The first-order valence-electron chi connectivity index (χ1n) is 5.54. The summed E-state index contributed by atoms with van der Waals surface area (Å²) in [6.07, 6.45) is 1.61. The van der Waals surface area contributed by atoms with E-state index in [9.17, 15) is 0 Å². The molecule has 0 spiro atoms. The van der Waals surface area contributed by atoms with Crippen molar-refractivity contribution >= 4 is 5.84 Å². The van der Waals surface area contributed by atoms with Crippen molar-refractivity contribution in [2.45, 2.75) is 20.4 Å². The molecule has 6 heteroatoms. The van der Waals surface area contributed by atoms with Gasteiger partial charge >= 0.3 is 0 Å². The monoisotopic (exact) mass is 245 g/mol. The van der Waals surface area contributed by atoms with Crippen LogP contribution in [0.3, 0.4) is 0 Å². The molecule has 0 aromatic carbocycles. The molecule has 3 N–H and O–H groups in total. The molecule has 0 saturated carbocycles. The van der Waals surface area contributed by atoms with Gasteiger partial charge < -0.3 is 10.9 Å². The molecule has 0 atom stereocenters. The number of nitrogens with zero attached hydrogens (tertiary/aromatic N) is 4. The first-order valence-corrected chi connectivity index (χ1v) is 5.54. The lowest BCUT2D eigenvalue weighted by Crippen LogP contribution is -2.19. The Labute approximate surface area is 105 Å². The number of rotatable bonds is 3. The van der Waals surface area contributed by atoms with E-state index in [4.69, 9.17) is 10.9 Å². The molecule has 2 aromatic heterocycles. The minimum absolute atomic E-state index is 0.00660. The van der Waals surface area contributed by atoms with Gasteiger partial charge in [-0.1, -0.05) is 11.2 Å². The minimum atomic E-state index is 0.00660. The number of aromatic nitrogens is 3. The van der Waals surface area contributed by atoms with Crippen molar-refractivity contribution in [2.24, 2.45) is 10.9 Å². The van der Waals surface area contributed by atoms with Crippen LogP contribution in [-0.4, -0.2) is 25.8 Å². The van der Waals surface area contributed by atoms with Gasteiger partial charge in [0.15, 0.2) is 5.84 Å². The first-order chi connectivity index (χ1) is 8.61. The molecule has 0 fully saturated rings. The molecule has 2 aromatic rings. The molecule has 0 bridgehead atoms. The molecular formula is C12H15N5O. The smallest absolute Gasteiger partial charge is 0.189 e. The van der Waals surface area contributed by atoms with E-state index >= 15 is 0 Å². The Bertz CT molecular complexity index is 588. The topological polar surface area (TPSA) is 89.3 Å². The van der Waals surface area contributed by atoms with Gasteiger partial charge in [0, 0.05) is 17.5 Å². The van der Waals surface area contributed by atoms with E-state index in [1.54, 1.807) is 6.20 Å². The predicted octanol–water partition coefficient (Wildman–Crippen LogP) is 1.04. The normalized spacial score (nSPS) is 11.8. The van der Waals surface area contributed by atoms with E-state index in [2.05, 4.69) is 15.2 Å². The van der Waals surface area contributed by atoms with Crippen LogP contribution < -0.4 is 5.73 Å². The lowest BCUT2D eigenvalue weighted by Gasteiger charge is -2.08. The van der Waals surface area contributed by atoms with Gasteiger partial charge in [-0.25, -0.2) is 0 Å². The second-order valence-corrected chi connectivity index (χ2v) is 4.08. The molecule has 0 saturated heterocycles. The highest BCUT2D eigenvalue weighted by molar-refractivity contribution is 5.96. The average molecular weight is 245 g/mol. The van der Waals surface area contributed by atoms with Crippen LogP contribution in [0.25, 0.3) is 0 Å². The molecule has 0 aliphatic heterocycles. The highest BCUT2D eigenvalue weighted by Gasteiger charge is 2.10. The van der Waals surface area contributed by atoms with Crippen LogP contribution in [0.15, 0.2) is 29.6 Å². The van der Waals surface area contributed by atoms with Gasteiger partial charge in [-0.2, -0.15) is 5.10 Å². The zero-order valence-electron chi connectivity index (χ0n) is 10.3. The second kappa shape index (κ2) is 4.87. The summed E-state index contributed by atoms with van der Waals surface area (Å²) in [6.45, 7) is 4.47. The summed E-state index contributed by atoms with van der Waals surface area (Å²) in [7, 11) is 0. The standard InChI is InChI=1S/C12H15N5O/c1-8-6-9(2)17(15-8)7-10-4-3-5-14-11(10)12(13)16-18/h3-6,18H,7H2,1-2H3,(H2,13,16). The summed E-state index contributed by atoms with van der Waals surface area (Å²) in [5.41, 5.74) is 8.96. The third kappa shape index (κ3) is 2.32. The summed E-state index contributed by atoms with van der Waals surface area (Å²) in [5.74, 6) is 0.00660. The van der Waals surface area contributed by atoms with Gasteiger partial charge in [-0.15, -0.1) is 0 Å². The third-order valence-corrected chi connectivity index (χ3v) is 2.67. The Morgan fingerprint density at radius 1 is 1.50 bits per heavy atom. The molecule has 94 valence electrons. The van der Waals surface area contributed by atoms with E-state index in [1.807, 2.05) is 36.7 Å². The Kier molecular flexibility index (Phi) is 3.27. The molecule has 0 unspecified atom stereocenters. The van der Waals surface area contributed by atoms with Crippen molar-refractivity contribution in [1.29, 1.82) is 0 Å². The second-order valence-electron chi connectivity index (χ2n) is 4.08. The molecule has 0 amide bonds. The lowest BCUT2D eigenvalue weighted by molar-refractivity contribution is 0.318. The fourth-order valence-corrected chi connectivity index (χ4v) is 1.84. The van der Waals surface area contributed by atoms with Crippen LogP contribution in [0, 0.1) is 13.8 Å². The fourth-order valence-electron chi connectivity index (χ4n) is 1.84. The first kappa shape index (κ1) is 12.1. The molecule has 18 heavy (non-hydrogen) atoms. The summed E-state index contributed by atoms with van der Waals surface area (Å²) in [5, 5.41) is 16.1. The van der Waals surface area contributed by atoms with Crippen LogP contribution in [0.5, 0.6) is 0 Å². The molecular weight excluding hydrogens is 230 g/mol. The maximum Gasteiger partial charge on any atom is 0.189 e. The average Bonchev–Trinajstić information content (AvgIpc) is 2.67. The number of pyridine rings is 1. The van der Waals surface area contributed by atoms with E-state index < -0.39 is 0 Å². The SMILES string of the molecule is Cc1cc(C)n(Cc2cccnc2C(N)=NO)n1. The van der Waals surface area contributed by atoms with E-state index in [0.717, 1.165) is 17.0 Å². The fraction of sp³-hybridized carbons (Fsp3) is 0.250. The number of hydrogen-bond donors (Lipinski definition) is 2. The molecule has 2 rings (SSSR count). The van der Waals surface area contributed by atoms with Crippen molar-refractivity contribution < 1.29 is 5.21 Å². The van der Waals surface area contributed by atoms with E-state index in [-0.39, 0.29) is 5.84 Å². The molecule has 0 aliphatic carbocycles. The summed E-state index contributed by atoms with van der Waals surface area (Å²) >= 11 is 0. The third-order valence-electron chi connectivity index (χ3n) is 2.67. The molecule has 0 aliphatic rings. The van der Waals surface area contributed by atoms with E-state index in [0.29, 0.717) is 12.2 Å². The van der Waals surface area contributed by atoms with Gasteiger partial charge in [-0.3, -0.25) is 9.67 Å². The van der Waals surface area contributed by atoms with Crippen LogP contribution in [0.4, 0.5) is 0 Å². The minimum Gasteiger partial charge on any atom is -0.409 e. The van der Waals surface area contributed by atoms with Crippen molar-refractivity contribution in [3.8, 4) is 0 Å². The highest BCUT2D eigenvalue weighted by atomic mass is 16.4. The van der Waals surface area contributed by atoms with Gasteiger partial charge in [-0.05, 0) is 26.0 Å². The Balaban J connectivity index is 2.38. The Morgan fingerprint density at radius 3 is 2.89 bits per heavy atom. The maximum atomic E-state index is 8.74. The van der Waals surface area contributed by atoms with Crippen LogP contribution in [0.2, 0.25) is 0 Å². The Morgan fingerprint density at radius 2 is 2.28 bits per heavy atom. The molecule has 6 nitrogen and oxygen atoms in total. The summed E-state index contributed by atoms with van der Waals surface area (Å²) in [4.78, 5) is 4.13. The quantitative estimate of drug-likeness (QED) is 0.366. The van der Waals surface area contributed by atoms with Gasteiger partial charge in [0.2, 0.25) is 0 Å². The largest absolute Gasteiger partial charge is 0.409 e. The Hall–Kier alpha value is -2.37. The number of oxime groups is 1. The predicted molar refractivity (Wildman–Crippen MR) is 67.6 cm³/mol.